The number of benzene rings is 1. The quantitative estimate of drug-likeness (QED) is 0.743. The first-order valence-electron chi connectivity index (χ1n) is 5.25. The third-order valence-electron chi connectivity index (χ3n) is 2.74. The number of carboxylic acid groups (broad SMARTS) is 1. The summed E-state index contributed by atoms with van der Waals surface area (Å²) in [7, 11) is 1.65. The topological polar surface area (TPSA) is 81.2 Å². The third-order valence-corrected chi connectivity index (χ3v) is 2.74. The second-order valence-electron chi connectivity index (χ2n) is 3.89. The van der Waals surface area contributed by atoms with Crippen LogP contribution in [-0.2, 0) is 7.05 Å². The number of nitrogens with zero attached hydrogens (tertiary/aromatic N) is 3. The molecule has 6 nitrogen and oxygen atoms in total. The zero-order valence-electron chi connectivity index (χ0n) is 9.49. The fourth-order valence-electron chi connectivity index (χ4n) is 1.90. The van der Waals surface area contributed by atoms with Crippen LogP contribution in [0.15, 0.2) is 35.3 Å². The summed E-state index contributed by atoms with van der Waals surface area (Å²) in [5.74, 6) is -1.01. The van der Waals surface area contributed by atoms with Gasteiger partial charge >= 0.3 is 5.97 Å². The van der Waals surface area contributed by atoms with Crippen LogP contribution in [0.25, 0.3) is 22.4 Å². The number of fused-ring (bicyclic) bond motifs is 1. The van der Waals surface area contributed by atoms with Crippen molar-refractivity contribution in [2.75, 3.05) is 0 Å². The fraction of sp³-hybridized carbons (Fsp3) is 0.0833. The maximum atomic E-state index is 11.2. The van der Waals surface area contributed by atoms with E-state index < -0.39 is 5.97 Å². The van der Waals surface area contributed by atoms with Gasteiger partial charge in [0, 0.05) is 12.6 Å². The number of aryl methyl sites for hydroxylation is 1. The molecule has 0 aliphatic rings. The molecule has 3 rings (SSSR count). The van der Waals surface area contributed by atoms with Gasteiger partial charge in [0.15, 0.2) is 17.7 Å². The van der Waals surface area contributed by atoms with Crippen molar-refractivity contribution in [1.82, 2.24) is 14.5 Å². The fourth-order valence-corrected chi connectivity index (χ4v) is 1.90. The number of carbonyl (C=O) groups is 1. The lowest BCUT2D eigenvalue weighted by Crippen LogP contribution is -2.05. The van der Waals surface area contributed by atoms with Gasteiger partial charge in [0.05, 0.1) is 6.33 Å². The number of hydrogen-bond donors (Lipinski definition) is 1. The first kappa shape index (κ1) is 10.5. The predicted molar refractivity (Wildman–Crippen MR) is 63.2 cm³/mol. The Bertz CT molecular complexity index is 742. The van der Waals surface area contributed by atoms with Gasteiger partial charge in [0.25, 0.3) is 0 Å². The van der Waals surface area contributed by atoms with E-state index in [9.17, 15) is 9.90 Å². The Kier molecular flexibility index (Phi) is 2.16. The molecule has 0 aliphatic carbocycles. The largest absolute Gasteiger partial charge is 0.477 e. The van der Waals surface area contributed by atoms with Crippen LogP contribution in [0.4, 0.5) is 0 Å². The van der Waals surface area contributed by atoms with Gasteiger partial charge < -0.3 is 14.1 Å². The lowest BCUT2D eigenvalue weighted by molar-refractivity contribution is 0.0687. The molecular formula is C12H9N3O3. The maximum Gasteiger partial charge on any atom is 0.354 e. The Hall–Kier alpha value is -2.63. The van der Waals surface area contributed by atoms with Crippen LogP contribution >= 0.6 is 0 Å². The minimum Gasteiger partial charge on any atom is -0.477 e. The summed E-state index contributed by atoms with van der Waals surface area (Å²) < 4.78 is 6.67. The Morgan fingerprint density at radius 2 is 2.22 bits per heavy atom. The van der Waals surface area contributed by atoms with E-state index in [4.69, 9.17) is 4.42 Å². The van der Waals surface area contributed by atoms with Gasteiger partial charge in [-0.15, -0.1) is 0 Å². The molecule has 2 heterocycles. The minimum absolute atomic E-state index is 0.147. The van der Waals surface area contributed by atoms with Gasteiger partial charge in [-0.3, -0.25) is 0 Å². The molecule has 0 fully saturated rings. The lowest BCUT2D eigenvalue weighted by atomic mass is 10.1. The molecule has 90 valence electrons. The van der Waals surface area contributed by atoms with Crippen LogP contribution in [0, 0.1) is 0 Å². The molecule has 3 aromatic rings. The summed E-state index contributed by atoms with van der Waals surface area (Å²) in [4.78, 5) is 19.3. The Morgan fingerprint density at radius 1 is 1.39 bits per heavy atom. The van der Waals surface area contributed by atoms with E-state index in [2.05, 4.69) is 9.97 Å². The zero-order valence-corrected chi connectivity index (χ0v) is 9.49. The van der Waals surface area contributed by atoms with Crippen molar-refractivity contribution in [2.45, 2.75) is 0 Å². The van der Waals surface area contributed by atoms with E-state index >= 15 is 0 Å². The second kappa shape index (κ2) is 3.69. The van der Waals surface area contributed by atoms with Crippen molar-refractivity contribution in [1.29, 1.82) is 0 Å². The molecule has 0 radical (unpaired) electrons. The van der Waals surface area contributed by atoms with Crippen LogP contribution in [0.5, 0.6) is 0 Å². The van der Waals surface area contributed by atoms with E-state index in [-0.39, 0.29) is 5.69 Å². The van der Waals surface area contributed by atoms with E-state index in [1.54, 1.807) is 25.2 Å². The number of hydrogen-bond acceptors (Lipinski definition) is 4. The van der Waals surface area contributed by atoms with Gasteiger partial charge in [-0.1, -0.05) is 6.07 Å². The number of oxazole rings is 1. The van der Waals surface area contributed by atoms with Crippen LogP contribution in [0.2, 0.25) is 0 Å². The highest BCUT2D eigenvalue weighted by Gasteiger charge is 2.18. The molecule has 0 saturated heterocycles. The summed E-state index contributed by atoms with van der Waals surface area (Å²) in [6.07, 6.45) is 2.83. The summed E-state index contributed by atoms with van der Waals surface area (Å²) in [5, 5.41) is 9.17. The van der Waals surface area contributed by atoms with E-state index in [0.29, 0.717) is 16.8 Å². The number of rotatable bonds is 2. The van der Waals surface area contributed by atoms with E-state index in [0.717, 1.165) is 5.52 Å². The molecule has 6 heteroatoms. The van der Waals surface area contributed by atoms with Gasteiger partial charge in [0.1, 0.15) is 11.2 Å². The normalized spacial score (nSPS) is 10.9. The molecule has 0 spiro atoms. The Balaban J connectivity index is 2.22. The molecule has 1 N–H and O–H groups in total. The summed E-state index contributed by atoms with van der Waals surface area (Å²) in [6, 6.07) is 5.28. The molecule has 0 atom stereocenters. The monoisotopic (exact) mass is 243 g/mol. The van der Waals surface area contributed by atoms with Crippen molar-refractivity contribution < 1.29 is 14.3 Å². The van der Waals surface area contributed by atoms with Gasteiger partial charge in [-0.2, -0.15) is 0 Å². The van der Waals surface area contributed by atoms with Crippen LogP contribution in [-0.4, -0.2) is 25.6 Å². The van der Waals surface area contributed by atoms with Crippen LogP contribution in [0.3, 0.4) is 0 Å². The molecule has 0 amide bonds. The average Bonchev–Trinajstić information content (AvgIpc) is 2.93. The minimum atomic E-state index is -1.01. The first-order valence-corrected chi connectivity index (χ1v) is 5.25. The average molecular weight is 243 g/mol. The van der Waals surface area contributed by atoms with Crippen molar-refractivity contribution in [3.8, 4) is 11.3 Å². The van der Waals surface area contributed by atoms with Gasteiger partial charge in [-0.05, 0) is 12.1 Å². The molecule has 1 aromatic carbocycles. The smallest absolute Gasteiger partial charge is 0.354 e. The van der Waals surface area contributed by atoms with Crippen molar-refractivity contribution in [2.24, 2.45) is 7.05 Å². The zero-order chi connectivity index (χ0) is 12.7. The van der Waals surface area contributed by atoms with Gasteiger partial charge in [0.2, 0.25) is 0 Å². The number of aromatic nitrogens is 3. The first-order chi connectivity index (χ1) is 8.66. The number of imidazole rings is 1. The predicted octanol–water partition coefficient (Wildman–Crippen LogP) is 1.93. The summed E-state index contributed by atoms with van der Waals surface area (Å²) >= 11 is 0. The Labute approximate surface area is 102 Å². The lowest BCUT2D eigenvalue weighted by Gasteiger charge is -2.01. The van der Waals surface area contributed by atoms with Crippen molar-refractivity contribution >= 4 is 17.1 Å². The molecule has 0 aliphatic heterocycles. The molecular weight excluding hydrogens is 234 g/mol. The van der Waals surface area contributed by atoms with E-state index in [1.807, 2.05) is 0 Å². The highest BCUT2D eigenvalue weighted by molar-refractivity contribution is 5.94. The number of aromatic carboxylic acids is 1. The van der Waals surface area contributed by atoms with Crippen molar-refractivity contribution in [3.05, 3.63) is 36.6 Å². The molecule has 0 saturated carbocycles. The van der Waals surface area contributed by atoms with Crippen LogP contribution in [0.1, 0.15) is 10.5 Å². The summed E-state index contributed by atoms with van der Waals surface area (Å²) in [5.41, 5.74) is 2.59. The van der Waals surface area contributed by atoms with E-state index in [1.165, 1.54) is 17.3 Å². The second-order valence-corrected chi connectivity index (χ2v) is 3.89. The van der Waals surface area contributed by atoms with Crippen molar-refractivity contribution in [3.63, 3.8) is 0 Å². The highest BCUT2D eigenvalue weighted by Crippen LogP contribution is 2.25. The number of carboxylic acids is 1. The van der Waals surface area contributed by atoms with Gasteiger partial charge in [-0.25, -0.2) is 14.8 Å². The third kappa shape index (κ3) is 1.46. The highest BCUT2D eigenvalue weighted by atomic mass is 16.4. The molecule has 0 unspecified atom stereocenters. The standard InChI is InChI=1S/C12H9N3O3/c1-15-5-13-10(11(15)12(16)17)7-2-3-8-9(4-7)18-6-14-8/h2-6H,1H3,(H,16,17). The maximum absolute atomic E-state index is 11.2. The molecule has 0 bridgehead atoms. The molecule has 18 heavy (non-hydrogen) atoms. The van der Waals surface area contributed by atoms with Crippen LogP contribution < -0.4 is 0 Å². The SMILES string of the molecule is Cn1cnc(-c2ccc3ncoc3c2)c1C(=O)O. The summed E-state index contributed by atoms with van der Waals surface area (Å²) in [6.45, 7) is 0. The Morgan fingerprint density at radius 3 is 3.00 bits per heavy atom. The molecule has 2 aromatic heterocycles.